The van der Waals surface area contributed by atoms with E-state index in [0.717, 1.165) is 16.7 Å². The van der Waals surface area contributed by atoms with Crippen LogP contribution in [0.4, 0.5) is 5.82 Å². The first-order chi connectivity index (χ1) is 22.8. The van der Waals surface area contributed by atoms with Crippen molar-refractivity contribution in [1.29, 1.82) is 0 Å². The van der Waals surface area contributed by atoms with E-state index < -0.39 is 35.4 Å². The molecule has 3 N–H and O–H groups in total. The third-order valence-corrected chi connectivity index (χ3v) is 8.48. The molecule has 0 saturated carbocycles. The predicted octanol–water partition coefficient (Wildman–Crippen LogP) is 5.10. The number of ether oxygens (including phenoxy) is 3. The number of carbonyl (C=O) groups is 1. The van der Waals surface area contributed by atoms with Crippen LogP contribution in [0, 0.1) is 6.10 Å². The van der Waals surface area contributed by atoms with Crippen LogP contribution < -0.4 is 20.5 Å². The molecular weight excluding hydrogens is 598 g/mol. The van der Waals surface area contributed by atoms with Gasteiger partial charge < -0.3 is 29.7 Å². The van der Waals surface area contributed by atoms with Gasteiger partial charge in [0, 0.05) is 18.2 Å². The van der Waals surface area contributed by atoms with Crippen LogP contribution in [-0.4, -0.2) is 52.1 Å². The number of aromatic nitrogens is 2. The molecule has 1 aliphatic rings. The monoisotopic (exact) mass is 632 g/mol. The smallest absolute Gasteiger partial charge is 0.351 e. The van der Waals surface area contributed by atoms with Crippen LogP contribution in [0.5, 0.6) is 11.5 Å². The van der Waals surface area contributed by atoms with E-state index in [2.05, 4.69) is 10.3 Å². The number of nitrogens with zero attached hydrogens (tertiary/aromatic N) is 2. The van der Waals surface area contributed by atoms with Gasteiger partial charge in [-0.1, -0.05) is 72.8 Å². The van der Waals surface area contributed by atoms with E-state index in [9.17, 15) is 19.8 Å². The standard InChI is InChI=1S/C37H34N3O7/c1-45-28-17-13-26(14-18-28)37(25-11-7-4-8-12-25,27-15-19-29(46-2)20-16-27)34(42)33-30(41)23-32(47-33)40-22-21-31(39-36(40)44)38-35(43)24-9-5-3-6-10-24/h3-22,32-34,41-42H,23H2,1-2H3,(H,38,39,43,44)/t32-,33+,34?/m1/s1. The fourth-order valence-corrected chi connectivity index (χ4v) is 6.14. The Bertz CT molecular complexity index is 1820. The highest BCUT2D eigenvalue weighted by atomic mass is 16.5. The summed E-state index contributed by atoms with van der Waals surface area (Å²) < 4.78 is 18.4. The Morgan fingerprint density at radius 3 is 1.91 bits per heavy atom. The van der Waals surface area contributed by atoms with Crippen LogP contribution in [0.25, 0.3) is 0 Å². The van der Waals surface area contributed by atoms with Crippen molar-refractivity contribution in [1.82, 2.24) is 9.55 Å². The second-order valence-corrected chi connectivity index (χ2v) is 11.1. The molecule has 239 valence electrons. The number of hydrogen-bond acceptors (Lipinski definition) is 8. The molecule has 10 nitrogen and oxygen atoms in total. The van der Waals surface area contributed by atoms with Gasteiger partial charge >= 0.3 is 5.69 Å². The Balaban J connectivity index is 1.36. The van der Waals surface area contributed by atoms with Crippen molar-refractivity contribution in [3.05, 3.63) is 160 Å². The molecule has 1 aromatic heterocycles. The van der Waals surface area contributed by atoms with Crippen molar-refractivity contribution in [2.45, 2.75) is 30.3 Å². The van der Waals surface area contributed by atoms with Gasteiger partial charge in [0.2, 0.25) is 0 Å². The molecule has 1 radical (unpaired) electrons. The van der Waals surface area contributed by atoms with Crippen LogP contribution in [0.1, 0.15) is 39.7 Å². The molecule has 6 rings (SSSR count). The van der Waals surface area contributed by atoms with Crippen molar-refractivity contribution in [3.63, 3.8) is 0 Å². The van der Waals surface area contributed by atoms with Gasteiger partial charge in [0.1, 0.15) is 41.9 Å². The number of rotatable bonds is 10. The SMILES string of the molecule is COc1ccc(C(c2ccccc2)(c2ccc(OC)cc2)C(O)[C@H]2O[C@@H](n3ccc(NC(=O)c4ccccc4)nc3=O)C[C]2O)cc1. The summed E-state index contributed by atoms with van der Waals surface area (Å²) in [5.74, 6) is 0.949. The number of benzene rings is 4. The molecule has 3 atom stereocenters. The summed E-state index contributed by atoms with van der Waals surface area (Å²) in [6.45, 7) is 0. The molecule has 1 unspecified atom stereocenters. The molecule has 1 amide bonds. The first-order valence-corrected chi connectivity index (χ1v) is 15.0. The van der Waals surface area contributed by atoms with E-state index in [-0.39, 0.29) is 18.3 Å². The van der Waals surface area contributed by atoms with E-state index in [4.69, 9.17) is 14.2 Å². The van der Waals surface area contributed by atoms with Gasteiger partial charge in [0.25, 0.3) is 5.91 Å². The molecule has 10 heteroatoms. The van der Waals surface area contributed by atoms with Crippen molar-refractivity contribution < 1.29 is 29.2 Å². The van der Waals surface area contributed by atoms with Crippen LogP contribution >= 0.6 is 0 Å². The second-order valence-electron chi connectivity index (χ2n) is 11.1. The number of aliphatic hydroxyl groups excluding tert-OH is 2. The fraction of sp³-hybridized carbons (Fsp3) is 0.189. The number of nitrogens with one attached hydrogen (secondary N) is 1. The van der Waals surface area contributed by atoms with E-state index in [1.807, 2.05) is 78.9 Å². The minimum atomic E-state index is -1.37. The second kappa shape index (κ2) is 13.6. The van der Waals surface area contributed by atoms with Gasteiger partial charge in [-0.2, -0.15) is 4.98 Å². The summed E-state index contributed by atoms with van der Waals surface area (Å²) in [6, 6.07) is 34.3. The molecule has 1 aliphatic heterocycles. The molecule has 1 fully saturated rings. The van der Waals surface area contributed by atoms with E-state index in [1.165, 1.54) is 16.8 Å². The maximum absolute atomic E-state index is 13.2. The summed E-state index contributed by atoms with van der Waals surface area (Å²) in [4.78, 5) is 29.8. The molecule has 0 bridgehead atoms. The lowest BCUT2D eigenvalue weighted by Crippen LogP contribution is -2.50. The first kappa shape index (κ1) is 31.7. The molecule has 2 heterocycles. The number of carbonyl (C=O) groups excluding carboxylic acids is 1. The highest BCUT2D eigenvalue weighted by Crippen LogP contribution is 2.48. The maximum atomic E-state index is 13.2. The largest absolute Gasteiger partial charge is 0.497 e. The Labute approximate surface area is 271 Å². The van der Waals surface area contributed by atoms with Crippen molar-refractivity contribution in [2.24, 2.45) is 0 Å². The van der Waals surface area contributed by atoms with Crippen molar-refractivity contribution in [2.75, 3.05) is 19.5 Å². The van der Waals surface area contributed by atoms with Gasteiger partial charge in [0.05, 0.1) is 19.6 Å². The quantitative estimate of drug-likeness (QED) is 0.181. The average molecular weight is 633 g/mol. The number of hydrogen-bond donors (Lipinski definition) is 3. The molecule has 5 aromatic rings. The third-order valence-electron chi connectivity index (χ3n) is 8.48. The van der Waals surface area contributed by atoms with Gasteiger partial charge in [-0.05, 0) is 59.2 Å². The Morgan fingerprint density at radius 1 is 0.851 bits per heavy atom. The molecule has 1 saturated heterocycles. The van der Waals surface area contributed by atoms with Crippen LogP contribution in [0.2, 0.25) is 0 Å². The van der Waals surface area contributed by atoms with E-state index in [0.29, 0.717) is 17.1 Å². The highest BCUT2D eigenvalue weighted by Gasteiger charge is 2.52. The maximum Gasteiger partial charge on any atom is 0.351 e. The number of amides is 1. The topological polar surface area (TPSA) is 132 Å². The van der Waals surface area contributed by atoms with Crippen LogP contribution in [0.3, 0.4) is 0 Å². The molecule has 0 spiro atoms. The van der Waals surface area contributed by atoms with Gasteiger partial charge in [0.15, 0.2) is 0 Å². The van der Waals surface area contributed by atoms with E-state index >= 15 is 0 Å². The summed E-state index contributed by atoms with van der Waals surface area (Å²) in [7, 11) is 3.16. The predicted molar refractivity (Wildman–Crippen MR) is 175 cm³/mol. The third kappa shape index (κ3) is 6.14. The normalized spacial score (nSPS) is 17.2. The summed E-state index contributed by atoms with van der Waals surface area (Å²) in [6.07, 6.45) is -2.28. The van der Waals surface area contributed by atoms with Gasteiger partial charge in [-0.25, -0.2) is 4.79 Å². The zero-order valence-electron chi connectivity index (χ0n) is 25.8. The Morgan fingerprint density at radius 2 is 1.38 bits per heavy atom. The molecular formula is C37H34N3O7. The number of methoxy groups -OCH3 is 2. The van der Waals surface area contributed by atoms with Crippen molar-refractivity contribution in [3.8, 4) is 11.5 Å². The molecule has 0 aliphatic carbocycles. The minimum absolute atomic E-state index is 0.0604. The fourth-order valence-electron chi connectivity index (χ4n) is 6.14. The molecule has 4 aromatic carbocycles. The zero-order valence-corrected chi connectivity index (χ0v) is 25.8. The Hall–Kier alpha value is -5.29. The van der Waals surface area contributed by atoms with Crippen LogP contribution in [-0.2, 0) is 10.2 Å². The summed E-state index contributed by atoms with van der Waals surface area (Å²) in [5, 5.41) is 26.5. The molecule has 47 heavy (non-hydrogen) atoms. The lowest BCUT2D eigenvalue weighted by Gasteiger charge is -2.42. The summed E-state index contributed by atoms with van der Waals surface area (Å²) >= 11 is 0. The number of aliphatic hydroxyl groups is 2. The highest BCUT2D eigenvalue weighted by molar-refractivity contribution is 6.03. The summed E-state index contributed by atoms with van der Waals surface area (Å²) in [5.41, 5.74) is 0.675. The van der Waals surface area contributed by atoms with Gasteiger partial charge in [-0.3, -0.25) is 9.36 Å². The Kier molecular flexibility index (Phi) is 9.17. The lowest BCUT2D eigenvalue weighted by atomic mass is 9.64. The first-order valence-electron chi connectivity index (χ1n) is 15.0. The average Bonchev–Trinajstić information content (AvgIpc) is 3.50. The van der Waals surface area contributed by atoms with E-state index in [1.54, 1.807) is 44.6 Å². The van der Waals surface area contributed by atoms with Crippen LogP contribution in [0.15, 0.2) is 126 Å². The number of anilines is 1. The van der Waals surface area contributed by atoms with Gasteiger partial charge in [-0.15, -0.1) is 0 Å². The minimum Gasteiger partial charge on any atom is -0.497 e. The zero-order chi connectivity index (χ0) is 33.0. The lowest BCUT2D eigenvalue weighted by molar-refractivity contribution is -0.0817. The van der Waals surface area contributed by atoms with Crippen molar-refractivity contribution >= 4 is 11.7 Å².